The molecule has 0 radical (unpaired) electrons. The van der Waals surface area contributed by atoms with Gasteiger partial charge in [0.2, 0.25) is 5.91 Å². The first-order chi connectivity index (χ1) is 11.6. The summed E-state index contributed by atoms with van der Waals surface area (Å²) in [4.78, 5) is 28.6. The zero-order valence-corrected chi connectivity index (χ0v) is 14.0. The third kappa shape index (κ3) is 4.19. The van der Waals surface area contributed by atoms with E-state index in [9.17, 15) is 9.59 Å². The largest absolute Gasteiger partial charge is 0.496 e. The summed E-state index contributed by atoms with van der Waals surface area (Å²) in [6, 6.07) is 5.34. The number of hydrogen-bond acceptors (Lipinski definition) is 7. The molecule has 1 aromatic carbocycles. The van der Waals surface area contributed by atoms with Gasteiger partial charge in [0.15, 0.2) is 0 Å². The maximum atomic E-state index is 11.8. The Hall–Kier alpha value is -2.68. The maximum absolute atomic E-state index is 11.8. The van der Waals surface area contributed by atoms with Crippen molar-refractivity contribution < 1.29 is 19.2 Å². The van der Waals surface area contributed by atoms with Crippen LogP contribution in [0.15, 0.2) is 28.6 Å². The number of hydrogen-bond donors (Lipinski definition) is 1. The van der Waals surface area contributed by atoms with Crippen molar-refractivity contribution in [3.63, 3.8) is 0 Å². The minimum Gasteiger partial charge on any atom is -0.496 e. The van der Waals surface area contributed by atoms with Crippen molar-refractivity contribution >= 4 is 17.5 Å². The third-order valence-electron chi connectivity index (χ3n) is 3.41. The molecule has 2 rings (SSSR count). The normalized spacial score (nSPS) is 14.0. The second-order valence-corrected chi connectivity index (χ2v) is 5.18. The fourth-order valence-corrected chi connectivity index (χ4v) is 2.15. The second kappa shape index (κ2) is 8.25. The van der Waals surface area contributed by atoms with E-state index in [2.05, 4.69) is 15.9 Å². The number of nitrogens with one attached hydrogen (secondary N) is 1. The van der Waals surface area contributed by atoms with Crippen molar-refractivity contribution in [3.8, 4) is 5.75 Å². The second-order valence-electron chi connectivity index (χ2n) is 5.18. The summed E-state index contributed by atoms with van der Waals surface area (Å²) in [6.07, 6.45) is 1.12. The molecule has 1 aliphatic heterocycles. The van der Waals surface area contributed by atoms with Gasteiger partial charge in [0, 0.05) is 19.0 Å². The van der Waals surface area contributed by atoms with Crippen LogP contribution < -0.4 is 15.2 Å². The molecule has 0 aliphatic carbocycles. The molecule has 0 fully saturated rings. The summed E-state index contributed by atoms with van der Waals surface area (Å²) >= 11 is 0. The highest BCUT2D eigenvalue weighted by Crippen LogP contribution is 2.31. The van der Waals surface area contributed by atoms with Gasteiger partial charge < -0.3 is 4.74 Å². The van der Waals surface area contributed by atoms with Gasteiger partial charge in [-0.2, -0.15) is 0 Å². The van der Waals surface area contributed by atoms with Crippen LogP contribution in [0.2, 0.25) is 0 Å². The van der Waals surface area contributed by atoms with E-state index < -0.39 is 0 Å². The Balaban J connectivity index is 2.18. The monoisotopic (exact) mass is 335 g/mol. The Kier molecular flexibility index (Phi) is 6.07. The Morgan fingerprint density at radius 3 is 2.83 bits per heavy atom. The number of anilines is 1. The number of benzene rings is 1. The minimum absolute atomic E-state index is 0.0579. The van der Waals surface area contributed by atoms with Gasteiger partial charge in [0.05, 0.1) is 12.8 Å². The van der Waals surface area contributed by atoms with Crippen LogP contribution in [0.4, 0.5) is 5.69 Å². The Morgan fingerprint density at radius 1 is 1.38 bits per heavy atom. The molecule has 9 nitrogen and oxygen atoms in total. The SMILES string of the molecule is CCCC(=O)NOCc1c(OC)cccc1N1CC(=O)N(C)N=N1. The van der Waals surface area contributed by atoms with E-state index in [-0.39, 0.29) is 25.0 Å². The van der Waals surface area contributed by atoms with E-state index in [1.807, 2.05) is 6.92 Å². The predicted octanol–water partition coefficient (Wildman–Crippen LogP) is 1.60. The molecule has 2 amide bonds. The van der Waals surface area contributed by atoms with Crippen molar-refractivity contribution in [3.05, 3.63) is 23.8 Å². The summed E-state index contributed by atoms with van der Waals surface area (Å²) in [7, 11) is 3.08. The lowest BCUT2D eigenvalue weighted by molar-refractivity contribution is -0.134. The number of nitrogens with zero attached hydrogens (tertiary/aromatic N) is 4. The van der Waals surface area contributed by atoms with Gasteiger partial charge in [-0.05, 0) is 29.0 Å². The van der Waals surface area contributed by atoms with Gasteiger partial charge in [-0.15, -0.1) is 0 Å². The molecule has 1 aromatic rings. The molecular formula is C15H21N5O4. The van der Waals surface area contributed by atoms with Crippen molar-refractivity contribution in [2.75, 3.05) is 25.7 Å². The topological polar surface area (TPSA) is 95.8 Å². The standard InChI is InChI=1S/C15H21N5O4/c1-4-6-14(21)16-24-10-11-12(7-5-8-13(11)23-3)20-9-15(22)19(2)17-18-20/h5,7-8H,4,6,9-10H2,1-3H3,(H,16,21). The van der Waals surface area contributed by atoms with Crippen LogP contribution in [-0.4, -0.2) is 37.5 Å². The molecule has 0 saturated heterocycles. The van der Waals surface area contributed by atoms with E-state index in [1.54, 1.807) is 25.2 Å². The molecule has 0 atom stereocenters. The van der Waals surface area contributed by atoms with Gasteiger partial charge in [0.1, 0.15) is 18.9 Å². The highest BCUT2D eigenvalue weighted by molar-refractivity contribution is 5.82. The summed E-state index contributed by atoms with van der Waals surface area (Å²) in [5, 5.41) is 10.4. The van der Waals surface area contributed by atoms with Gasteiger partial charge in [-0.1, -0.05) is 13.0 Å². The predicted molar refractivity (Wildman–Crippen MR) is 85.8 cm³/mol. The highest BCUT2D eigenvalue weighted by atomic mass is 16.7. The van der Waals surface area contributed by atoms with E-state index in [4.69, 9.17) is 9.57 Å². The zero-order chi connectivity index (χ0) is 17.5. The lowest BCUT2D eigenvalue weighted by Crippen LogP contribution is -2.38. The number of rotatable bonds is 7. The van der Waals surface area contributed by atoms with Crippen molar-refractivity contribution in [1.82, 2.24) is 10.5 Å². The maximum Gasteiger partial charge on any atom is 0.265 e. The van der Waals surface area contributed by atoms with Crippen LogP contribution in [0.1, 0.15) is 25.3 Å². The summed E-state index contributed by atoms with van der Waals surface area (Å²) < 4.78 is 5.34. The summed E-state index contributed by atoms with van der Waals surface area (Å²) in [5.74, 6) is 0.193. The number of carbonyl (C=O) groups is 2. The fourth-order valence-electron chi connectivity index (χ4n) is 2.15. The molecule has 1 aliphatic rings. The molecule has 1 heterocycles. The molecule has 0 unspecified atom stereocenters. The van der Waals surface area contributed by atoms with Crippen LogP contribution in [0.25, 0.3) is 0 Å². The van der Waals surface area contributed by atoms with Crippen LogP contribution in [-0.2, 0) is 21.0 Å². The molecule has 1 N–H and O–H groups in total. The van der Waals surface area contributed by atoms with Gasteiger partial charge in [0.25, 0.3) is 5.91 Å². The van der Waals surface area contributed by atoms with Crippen LogP contribution in [0.3, 0.4) is 0 Å². The number of methoxy groups -OCH3 is 1. The summed E-state index contributed by atoms with van der Waals surface area (Å²) in [5.41, 5.74) is 3.68. The highest BCUT2D eigenvalue weighted by Gasteiger charge is 2.23. The smallest absolute Gasteiger partial charge is 0.265 e. The average Bonchev–Trinajstić information content (AvgIpc) is 2.57. The molecule has 24 heavy (non-hydrogen) atoms. The van der Waals surface area contributed by atoms with Crippen molar-refractivity contribution in [1.29, 1.82) is 0 Å². The lowest BCUT2D eigenvalue weighted by atomic mass is 10.1. The molecule has 0 spiro atoms. The minimum atomic E-state index is -0.191. The van der Waals surface area contributed by atoms with Gasteiger partial charge >= 0.3 is 0 Å². The first-order valence-electron chi connectivity index (χ1n) is 7.59. The zero-order valence-electron chi connectivity index (χ0n) is 14.0. The van der Waals surface area contributed by atoms with Gasteiger partial charge in [-0.25, -0.2) is 15.5 Å². The van der Waals surface area contributed by atoms with Gasteiger partial charge in [-0.3, -0.25) is 14.4 Å². The number of carbonyl (C=O) groups excluding carboxylic acids is 2. The quantitative estimate of drug-likeness (QED) is 0.764. The molecule has 0 aromatic heterocycles. The Morgan fingerprint density at radius 2 is 2.17 bits per heavy atom. The number of ether oxygens (including phenoxy) is 1. The Labute approximate surface area is 140 Å². The van der Waals surface area contributed by atoms with E-state index in [0.29, 0.717) is 23.4 Å². The first kappa shape index (κ1) is 17.7. The number of likely N-dealkylation sites (N-methyl/N-ethyl adjacent to an activating group) is 1. The third-order valence-corrected chi connectivity index (χ3v) is 3.41. The van der Waals surface area contributed by atoms with Crippen LogP contribution >= 0.6 is 0 Å². The van der Waals surface area contributed by atoms with E-state index >= 15 is 0 Å². The summed E-state index contributed by atoms with van der Waals surface area (Å²) in [6.45, 7) is 2.04. The fraction of sp³-hybridized carbons (Fsp3) is 0.467. The van der Waals surface area contributed by atoms with Crippen molar-refractivity contribution in [2.24, 2.45) is 10.4 Å². The Bertz CT molecular complexity index is 634. The van der Waals surface area contributed by atoms with Crippen LogP contribution in [0.5, 0.6) is 5.75 Å². The molecule has 9 heteroatoms. The number of amides is 2. The molecular weight excluding hydrogens is 314 g/mol. The van der Waals surface area contributed by atoms with E-state index in [0.717, 1.165) is 6.42 Å². The first-order valence-corrected chi connectivity index (χ1v) is 7.59. The average molecular weight is 335 g/mol. The molecule has 130 valence electrons. The van der Waals surface area contributed by atoms with E-state index in [1.165, 1.54) is 17.1 Å². The molecule has 0 bridgehead atoms. The molecule has 0 saturated carbocycles. The van der Waals surface area contributed by atoms with Crippen LogP contribution in [0, 0.1) is 0 Å². The van der Waals surface area contributed by atoms with Crippen molar-refractivity contribution in [2.45, 2.75) is 26.4 Å². The lowest BCUT2D eigenvalue weighted by Gasteiger charge is -2.26. The number of hydroxylamine groups is 1.